The van der Waals surface area contributed by atoms with Gasteiger partial charge in [-0.25, -0.2) is 0 Å². The minimum absolute atomic E-state index is 0.0423. The van der Waals surface area contributed by atoms with E-state index in [0.29, 0.717) is 28.6 Å². The number of benzene rings is 2. The molecule has 26 heavy (non-hydrogen) atoms. The molecule has 0 bridgehead atoms. The van der Waals surface area contributed by atoms with Crippen molar-refractivity contribution in [1.29, 1.82) is 0 Å². The van der Waals surface area contributed by atoms with Crippen LogP contribution in [-0.2, 0) is 4.79 Å². The highest BCUT2D eigenvalue weighted by molar-refractivity contribution is 6.30. The maximum Gasteiger partial charge on any atom is 0.255 e. The van der Waals surface area contributed by atoms with E-state index in [4.69, 9.17) is 21.1 Å². The third-order valence-electron chi connectivity index (χ3n) is 4.25. The van der Waals surface area contributed by atoms with Crippen LogP contribution in [0, 0.1) is 0 Å². The van der Waals surface area contributed by atoms with E-state index in [0.717, 1.165) is 5.69 Å². The second kappa shape index (κ2) is 7.66. The highest BCUT2D eigenvalue weighted by Gasteiger charge is 2.32. The Labute approximate surface area is 156 Å². The molecule has 1 aliphatic rings. The summed E-state index contributed by atoms with van der Waals surface area (Å²) in [5, 5.41) is 3.51. The Balaban J connectivity index is 1.71. The topological polar surface area (TPSA) is 67.9 Å². The number of rotatable bonds is 5. The molecule has 1 heterocycles. The van der Waals surface area contributed by atoms with E-state index in [2.05, 4.69) is 5.32 Å². The summed E-state index contributed by atoms with van der Waals surface area (Å²) < 4.78 is 10.4. The average molecular weight is 375 g/mol. The van der Waals surface area contributed by atoms with Gasteiger partial charge in [0.1, 0.15) is 11.5 Å². The molecule has 0 unspecified atom stereocenters. The largest absolute Gasteiger partial charge is 0.497 e. The van der Waals surface area contributed by atoms with Crippen molar-refractivity contribution in [2.75, 3.05) is 25.7 Å². The lowest BCUT2D eigenvalue weighted by molar-refractivity contribution is -0.117. The SMILES string of the molecule is COc1ccc(C(=O)N[C@@H]2CC(=O)N(c3ccc(Cl)cc3)C2)c(OC)c1. The zero-order valence-electron chi connectivity index (χ0n) is 14.5. The molecule has 7 heteroatoms. The molecule has 2 aromatic carbocycles. The van der Waals surface area contributed by atoms with Gasteiger partial charge in [-0.05, 0) is 36.4 Å². The van der Waals surface area contributed by atoms with Gasteiger partial charge in [0.15, 0.2) is 0 Å². The van der Waals surface area contributed by atoms with Crippen molar-refractivity contribution in [3.8, 4) is 11.5 Å². The number of nitrogens with one attached hydrogen (secondary N) is 1. The predicted molar refractivity (Wildman–Crippen MR) is 99.2 cm³/mol. The zero-order valence-corrected chi connectivity index (χ0v) is 15.2. The molecule has 1 atom stereocenters. The summed E-state index contributed by atoms with van der Waals surface area (Å²) in [5.41, 5.74) is 1.16. The highest BCUT2D eigenvalue weighted by Crippen LogP contribution is 2.26. The number of hydrogen-bond donors (Lipinski definition) is 1. The molecule has 1 saturated heterocycles. The Bertz CT molecular complexity index is 823. The molecule has 0 spiro atoms. The summed E-state index contributed by atoms with van der Waals surface area (Å²) in [6.45, 7) is 0.407. The monoisotopic (exact) mass is 374 g/mol. The van der Waals surface area contributed by atoms with Crippen molar-refractivity contribution in [2.24, 2.45) is 0 Å². The third-order valence-corrected chi connectivity index (χ3v) is 4.50. The Hall–Kier alpha value is -2.73. The van der Waals surface area contributed by atoms with Gasteiger partial charge in [-0.3, -0.25) is 9.59 Å². The van der Waals surface area contributed by atoms with Crippen molar-refractivity contribution in [2.45, 2.75) is 12.5 Å². The number of carbonyl (C=O) groups excluding carboxylic acids is 2. The Kier molecular flexibility index (Phi) is 5.32. The van der Waals surface area contributed by atoms with Crippen LogP contribution < -0.4 is 19.7 Å². The standard InChI is InChI=1S/C19H19ClN2O4/c1-25-15-7-8-16(17(10-15)26-2)19(24)21-13-9-18(23)22(11-13)14-5-3-12(20)4-6-14/h3-8,10,13H,9,11H2,1-2H3,(H,21,24)/t13-/m1/s1. The molecule has 0 aliphatic carbocycles. The fraction of sp³-hybridized carbons (Fsp3) is 0.263. The van der Waals surface area contributed by atoms with Crippen molar-refractivity contribution < 1.29 is 19.1 Å². The summed E-state index contributed by atoms with van der Waals surface area (Å²) in [7, 11) is 3.04. The van der Waals surface area contributed by atoms with Gasteiger partial charge in [0.25, 0.3) is 5.91 Å². The van der Waals surface area contributed by atoms with Crippen molar-refractivity contribution in [3.63, 3.8) is 0 Å². The van der Waals surface area contributed by atoms with Gasteiger partial charge in [-0.1, -0.05) is 11.6 Å². The van der Waals surface area contributed by atoms with Crippen LogP contribution in [0.3, 0.4) is 0 Å². The average Bonchev–Trinajstić information content (AvgIpc) is 3.01. The van der Waals surface area contributed by atoms with E-state index in [-0.39, 0.29) is 24.3 Å². The second-order valence-corrected chi connectivity index (χ2v) is 6.36. The summed E-state index contributed by atoms with van der Waals surface area (Å²) in [6.07, 6.45) is 0.243. The summed E-state index contributed by atoms with van der Waals surface area (Å²) in [5.74, 6) is 0.684. The summed E-state index contributed by atoms with van der Waals surface area (Å²) in [4.78, 5) is 26.5. The molecule has 1 N–H and O–H groups in total. The quantitative estimate of drug-likeness (QED) is 0.873. The van der Waals surface area contributed by atoms with Gasteiger partial charge in [-0.15, -0.1) is 0 Å². The van der Waals surface area contributed by atoms with Gasteiger partial charge in [-0.2, -0.15) is 0 Å². The number of anilines is 1. The van der Waals surface area contributed by atoms with Gasteiger partial charge >= 0.3 is 0 Å². The lowest BCUT2D eigenvalue weighted by Gasteiger charge is -2.18. The summed E-state index contributed by atoms with van der Waals surface area (Å²) in [6, 6.07) is 11.7. The van der Waals surface area contributed by atoms with Crippen LogP contribution in [0.15, 0.2) is 42.5 Å². The molecule has 1 aliphatic heterocycles. The van der Waals surface area contributed by atoms with Gasteiger partial charge in [0, 0.05) is 29.7 Å². The highest BCUT2D eigenvalue weighted by atomic mass is 35.5. The number of nitrogens with zero attached hydrogens (tertiary/aromatic N) is 1. The van der Waals surface area contributed by atoms with Crippen molar-refractivity contribution in [1.82, 2.24) is 5.32 Å². The predicted octanol–water partition coefficient (Wildman–Crippen LogP) is 2.89. The molecule has 2 aromatic rings. The van der Waals surface area contributed by atoms with Crippen LogP contribution >= 0.6 is 11.6 Å². The number of halogens is 1. The maximum atomic E-state index is 12.6. The number of ether oxygens (including phenoxy) is 2. The number of hydrogen-bond acceptors (Lipinski definition) is 4. The first-order valence-corrected chi connectivity index (χ1v) is 8.48. The van der Waals surface area contributed by atoms with E-state index in [1.54, 1.807) is 54.5 Å². The van der Waals surface area contributed by atoms with Crippen molar-refractivity contribution >= 4 is 29.1 Å². The molecule has 6 nitrogen and oxygen atoms in total. The first-order chi connectivity index (χ1) is 12.5. The second-order valence-electron chi connectivity index (χ2n) is 5.92. The fourth-order valence-electron chi connectivity index (χ4n) is 2.92. The van der Waals surface area contributed by atoms with E-state index >= 15 is 0 Å². The Morgan fingerprint density at radius 3 is 2.54 bits per heavy atom. The van der Waals surface area contributed by atoms with Gasteiger partial charge in [0.05, 0.1) is 25.8 Å². The molecule has 2 amide bonds. The zero-order chi connectivity index (χ0) is 18.7. The lowest BCUT2D eigenvalue weighted by Crippen LogP contribution is -2.37. The van der Waals surface area contributed by atoms with E-state index in [1.807, 2.05) is 0 Å². The number of amides is 2. The smallest absolute Gasteiger partial charge is 0.255 e. The Morgan fingerprint density at radius 1 is 1.15 bits per heavy atom. The molecule has 0 radical (unpaired) electrons. The van der Waals surface area contributed by atoms with Crippen LogP contribution in [0.2, 0.25) is 5.02 Å². The maximum absolute atomic E-state index is 12.6. The van der Waals surface area contributed by atoms with Crippen LogP contribution in [0.5, 0.6) is 11.5 Å². The Morgan fingerprint density at radius 2 is 1.88 bits per heavy atom. The molecule has 0 saturated carbocycles. The number of carbonyl (C=O) groups is 2. The lowest BCUT2D eigenvalue weighted by atomic mass is 10.1. The fourth-order valence-corrected chi connectivity index (χ4v) is 3.05. The summed E-state index contributed by atoms with van der Waals surface area (Å²) >= 11 is 5.89. The van der Waals surface area contributed by atoms with E-state index in [1.165, 1.54) is 7.11 Å². The minimum Gasteiger partial charge on any atom is -0.497 e. The molecule has 1 fully saturated rings. The third kappa shape index (κ3) is 3.75. The molecule has 3 rings (SSSR count). The molecule has 136 valence electrons. The molecule has 0 aromatic heterocycles. The molecular formula is C19H19ClN2O4. The van der Waals surface area contributed by atoms with Crippen LogP contribution in [0.1, 0.15) is 16.8 Å². The van der Waals surface area contributed by atoms with E-state index in [9.17, 15) is 9.59 Å². The normalized spacial score (nSPS) is 16.5. The van der Waals surface area contributed by atoms with Crippen LogP contribution in [0.4, 0.5) is 5.69 Å². The van der Waals surface area contributed by atoms with Crippen LogP contribution in [-0.4, -0.2) is 38.6 Å². The van der Waals surface area contributed by atoms with Crippen molar-refractivity contribution in [3.05, 3.63) is 53.1 Å². The van der Waals surface area contributed by atoms with E-state index < -0.39 is 0 Å². The first kappa shape index (κ1) is 18.1. The first-order valence-electron chi connectivity index (χ1n) is 8.10. The van der Waals surface area contributed by atoms with Gasteiger partial charge < -0.3 is 19.7 Å². The van der Waals surface area contributed by atoms with Crippen LogP contribution in [0.25, 0.3) is 0 Å². The molecular weight excluding hydrogens is 356 g/mol. The van der Waals surface area contributed by atoms with Gasteiger partial charge in [0.2, 0.25) is 5.91 Å². The minimum atomic E-state index is -0.291. The number of methoxy groups -OCH3 is 2.